The lowest BCUT2D eigenvalue weighted by atomic mass is 10.1. The molecule has 2 amide bonds. The number of aryl methyl sites for hydroxylation is 1. The third kappa shape index (κ3) is 5.91. The molecule has 1 saturated heterocycles. The summed E-state index contributed by atoms with van der Waals surface area (Å²) >= 11 is 5.64. The van der Waals surface area contributed by atoms with E-state index in [1.54, 1.807) is 23.1 Å². The summed E-state index contributed by atoms with van der Waals surface area (Å²) in [6.45, 7) is 0.478. The molecule has 178 valence electrons. The van der Waals surface area contributed by atoms with Gasteiger partial charge in [-0.1, -0.05) is 18.6 Å². The van der Waals surface area contributed by atoms with Gasteiger partial charge in [-0.05, 0) is 67.4 Å². The molecule has 1 fully saturated rings. The first-order chi connectivity index (χ1) is 16.1. The number of alkyl halides is 3. The molecule has 0 saturated carbocycles. The Morgan fingerprint density at radius 2 is 1.76 bits per heavy atom. The second kappa shape index (κ2) is 10.7. The highest BCUT2D eigenvalue weighted by Gasteiger charge is 2.35. The van der Waals surface area contributed by atoms with Crippen molar-refractivity contribution in [3.05, 3.63) is 59.2 Å². The van der Waals surface area contributed by atoms with Gasteiger partial charge in [-0.25, -0.2) is 0 Å². The standard InChI is InChI=1S/C24H23F3N4O2S/c25-24(26,27)20-14-19(11-8-17(20)15-28)31-22(33)4-2-1-3-13-30(23(31)34)18-9-5-16(6-10-18)7-12-21(29)32/h5-6,8-11,14H,1-4,7,12-13H2,(H2,29,32). The van der Waals surface area contributed by atoms with Crippen LogP contribution in [0.25, 0.3) is 0 Å². The van der Waals surface area contributed by atoms with Crippen LogP contribution in [0.2, 0.25) is 0 Å². The summed E-state index contributed by atoms with van der Waals surface area (Å²) in [5.74, 6) is -0.812. The molecule has 10 heteroatoms. The smallest absolute Gasteiger partial charge is 0.370 e. The largest absolute Gasteiger partial charge is 0.417 e. The Morgan fingerprint density at radius 3 is 2.38 bits per heavy atom. The Balaban J connectivity index is 2.00. The predicted molar refractivity (Wildman–Crippen MR) is 126 cm³/mol. The number of anilines is 2. The van der Waals surface area contributed by atoms with Gasteiger partial charge in [0.1, 0.15) is 0 Å². The molecule has 3 rings (SSSR count). The first kappa shape index (κ1) is 25.2. The average molecular weight is 489 g/mol. The van der Waals surface area contributed by atoms with Gasteiger partial charge in [0.15, 0.2) is 5.11 Å². The number of carbonyl (C=O) groups excluding carboxylic acids is 2. The quantitative estimate of drug-likeness (QED) is 0.617. The van der Waals surface area contributed by atoms with E-state index in [1.165, 1.54) is 6.07 Å². The van der Waals surface area contributed by atoms with Gasteiger partial charge in [0.2, 0.25) is 11.8 Å². The maximum Gasteiger partial charge on any atom is 0.417 e. The molecule has 1 aliphatic heterocycles. The summed E-state index contributed by atoms with van der Waals surface area (Å²) in [4.78, 5) is 26.9. The zero-order valence-corrected chi connectivity index (χ0v) is 19.1. The van der Waals surface area contributed by atoms with Crippen LogP contribution < -0.4 is 15.5 Å². The number of halogens is 3. The Morgan fingerprint density at radius 1 is 1.09 bits per heavy atom. The van der Waals surface area contributed by atoms with E-state index in [9.17, 15) is 22.8 Å². The van der Waals surface area contributed by atoms with Crippen LogP contribution in [-0.2, 0) is 22.2 Å². The van der Waals surface area contributed by atoms with E-state index < -0.39 is 29.1 Å². The summed E-state index contributed by atoms with van der Waals surface area (Å²) in [6, 6.07) is 11.9. The topological polar surface area (TPSA) is 90.4 Å². The van der Waals surface area contributed by atoms with Gasteiger partial charge in [-0.2, -0.15) is 18.4 Å². The minimum absolute atomic E-state index is 0.0358. The number of nitrogens with two attached hydrogens (primary N) is 1. The molecule has 2 aromatic rings. The van der Waals surface area contributed by atoms with Gasteiger partial charge in [0.05, 0.1) is 22.9 Å². The predicted octanol–water partition coefficient (Wildman–Crippen LogP) is 4.69. The van der Waals surface area contributed by atoms with E-state index >= 15 is 0 Å². The van der Waals surface area contributed by atoms with Crippen LogP contribution >= 0.6 is 12.2 Å². The number of nitriles is 1. The van der Waals surface area contributed by atoms with Gasteiger partial charge in [0.25, 0.3) is 0 Å². The molecule has 0 spiro atoms. The Labute approximate surface area is 200 Å². The van der Waals surface area contributed by atoms with E-state index in [0.717, 1.165) is 35.4 Å². The molecule has 6 nitrogen and oxygen atoms in total. The normalized spacial score (nSPS) is 15.4. The number of amides is 2. The number of nitrogens with zero attached hydrogens (tertiary/aromatic N) is 3. The Kier molecular flexibility index (Phi) is 7.89. The SMILES string of the molecule is N#Cc1ccc(N2C(=O)CCCCCN(c3ccc(CCC(N)=O)cc3)C2=S)cc1C(F)(F)F. The van der Waals surface area contributed by atoms with Gasteiger partial charge in [-0.15, -0.1) is 0 Å². The number of benzene rings is 2. The molecule has 34 heavy (non-hydrogen) atoms. The molecule has 2 N–H and O–H groups in total. The summed E-state index contributed by atoms with van der Waals surface area (Å²) in [7, 11) is 0. The van der Waals surface area contributed by atoms with Crippen LogP contribution in [0.4, 0.5) is 24.5 Å². The third-order valence-corrected chi connectivity index (χ3v) is 5.94. The molecular weight excluding hydrogens is 465 g/mol. The number of thiocarbonyl (C=S) groups is 1. The van der Waals surface area contributed by atoms with Gasteiger partial charge < -0.3 is 10.6 Å². The lowest BCUT2D eigenvalue weighted by Crippen LogP contribution is -2.46. The Bertz CT molecular complexity index is 1130. The summed E-state index contributed by atoms with van der Waals surface area (Å²) in [6.07, 6.45) is -1.84. The van der Waals surface area contributed by atoms with E-state index in [-0.39, 0.29) is 23.6 Å². The van der Waals surface area contributed by atoms with Crippen molar-refractivity contribution in [3.8, 4) is 6.07 Å². The highest BCUT2D eigenvalue weighted by molar-refractivity contribution is 7.81. The van der Waals surface area contributed by atoms with Crippen molar-refractivity contribution in [2.45, 2.75) is 44.7 Å². The number of rotatable bonds is 5. The second-order valence-electron chi connectivity index (χ2n) is 7.95. The summed E-state index contributed by atoms with van der Waals surface area (Å²) in [5.41, 5.74) is 5.10. The number of hydrogen-bond donors (Lipinski definition) is 1. The monoisotopic (exact) mass is 488 g/mol. The van der Waals surface area contributed by atoms with Crippen LogP contribution in [0.1, 0.15) is 48.8 Å². The molecular formula is C24H23F3N4O2S. The van der Waals surface area contributed by atoms with Crippen molar-refractivity contribution < 1.29 is 22.8 Å². The molecule has 0 atom stereocenters. The number of carbonyl (C=O) groups is 2. The maximum absolute atomic E-state index is 13.6. The fourth-order valence-corrected chi connectivity index (χ4v) is 4.17. The minimum atomic E-state index is -4.76. The van der Waals surface area contributed by atoms with E-state index in [0.29, 0.717) is 25.1 Å². The minimum Gasteiger partial charge on any atom is -0.370 e. The van der Waals surface area contributed by atoms with E-state index in [1.807, 2.05) is 12.1 Å². The molecule has 1 aliphatic rings. The zero-order valence-electron chi connectivity index (χ0n) is 18.3. The maximum atomic E-state index is 13.6. The molecule has 0 aromatic heterocycles. The highest BCUT2D eigenvalue weighted by Crippen LogP contribution is 2.35. The summed E-state index contributed by atoms with van der Waals surface area (Å²) < 4.78 is 40.7. The lowest BCUT2D eigenvalue weighted by Gasteiger charge is -2.32. The van der Waals surface area contributed by atoms with E-state index in [2.05, 4.69) is 0 Å². The van der Waals surface area contributed by atoms with Crippen LogP contribution in [0.3, 0.4) is 0 Å². The van der Waals surface area contributed by atoms with Crippen molar-refractivity contribution in [1.29, 1.82) is 5.26 Å². The number of hydrogen-bond acceptors (Lipinski definition) is 4. The molecule has 0 bridgehead atoms. The lowest BCUT2D eigenvalue weighted by molar-refractivity contribution is -0.137. The third-order valence-electron chi connectivity index (χ3n) is 5.54. The second-order valence-corrected chi connectivity index (χ2v) is 8.31. The van der Waals surface area contributed by atoms with Crippen molar-refractivity contribution in [2.75, 3.05) is 16.3 Å². The van der Waals surface area contributed by atoms with Crippen molar-refractivity contribution in [3.63, 3.8) is 0 Å². The van der Waals surface area contributed by atoms with Crippen LogP contribution in [0, 0.1) is 11.3 Å². The highest BCUT2D eigenvalue weighted by atomic mass is 32.1. The fourth-order valence-electron chi connectivity index (χ4n) is 3.77. The Hall–Kier alpha value is -3.45. The van der Waals surface area contributed by atoms with Crippen molar-refractivity contribution in [2.24, 2.45) is 5.73 Å². The van der Waals surface area contributed by atoms with Gasteiger partial charge in [0, 0.05) is 25.1 Å². The van der Waals surface area contributed by atoms with Gasteiger partial charge in [-0.3, -0.25) is 14.5 Å². The van der Waals surface area contributed by atoms with Gasteiger partial charge >= 0.3 is 6.18 Å². The molecule has 0 unspecified atom stereocenters. The average Bonchev–Trinajstić information content (AvgIpc) is 2.86. The van der Waals surface area contributed by atoms with Crippen LogP contribution in [-0.4, -0.2) is 23.5 Å². The number of primary amides is 1. The van der Waals surface area contributed by atoms with Crippen LogP contribution in [0.5, 0.6) is 0 Å². The first-order valence-corrected chi connectivity index (χ1v) is 11.2. The van der Waals surface area contributed by atoms with Crippen molar-refractivity contribution in [1.82, 2.24) is 0 Å². The zero-order chi connectivity index (χ0) is 24.9. The summed E-state index contributed by atoms with van der Waals surface area (Å²) in [5, 5.41) is 9.16. The van der Waals surface area contributed by atoms with Crippen molar-refractivity contribution >= 4 is 40.5 Å². The molecule has 2 aromatic carbocycles. The van der Waals surface area contributed by atoms with E-state index in [4.69, 9.17) is 23.2 Å². The molecule has 0 radical (unpaired) electrons. The fraction of sp³-hybridized carbons (Fsp3) is 0.333. The van der Waals surface area contributed by atoms with Crippen LogP contribution in [0.15, 0.2) is 42.5 Å². The molecule has 1 heterocycles. The first-order valence-electron chi connectivity index (χ1n) is 10.7. The molecule has 0 aliphatic carbocycles.